The SMILES string of the molecule is CCC(CC)n1ccc(CC(N)C2CCC2)n1. The number of hydrogen-bond donors (Lipinski definition) is 1. The molecule has 0 radical (unpaired) electrons. The van der Waals surface area contributed by atoms with Gasteiger partial charge in [0.25, 0.3) is 0 Å². The lowest BCUT2D eigenvalue weighted by atomic mass is 9.78. The van der Waals surface area contributed by atoms with Crippen LogP contribution >= 0.6 is 0 Å². The Morgan fingerprint density at radius 1 is 1.41 bits per heavy atom. The zero-order valence-electron chi connectivity index (χ0n) is 11.1. The van der Waals surface area contributed by atoms with Crippen molar-refractivity contribution in [3.63, 3.8) is 0 Å². The van der Waals surface area contributed by atoms with E-state index in [0.29, 0.717) is 12.1 Å². The second-order valence-corrected chi connectivity index (χ2v) is 5.32. The summed E-state index contributed by atoms with van der Waals surface area (Å²) < 4.78 is 2.11. The molecule has 2 rings (SSSR count). The molecule has 0 aliphatic heterocycles. The summed E-state index contributed by atoms with van der Waals surface area (Å²) in [4.78, 5) is 0. The van der Waals surface area contributed by atoms with Crippen molar-refractivity contribution >= 4 is 0 Å². The van der Waals surface area contributed by atoms with Crippen molar-refractivity contribution < 1.29 is 0 Å². The second-order valence-electron chi connectivity index (χ2n) is 5.32. The van der Waals surface area contributed by atoms with Crippen LogP contribution in [0.5, 0.6) is 0 Å². The summed E-state index contributed by atoms with van der Waals surface area (Å²) in [6.45, 7) is 4.44. The molecule has 3 nitrogen and oxygen atoms in total. The lowest BCUT2D eigenvalue weighted by Gasteiger charge is -2.30. The normalized spacial score (nSPS) is 18.4. The van der Waals surface area contributed by atoms with Crippen LogP contribution in [0.1, 0.15) is 57.7 Å². The number of nitrogens with two attached hydrogens (primary N) is 1. The fourth-order valence-electron chi connectivity index (χ4n) is 2.63. The maximum absolute atomic E-state index is 6.21. The maximum Gasteiger partial charge on any atom is 0.0640 e. The third-order valence-corrected chi connectivity index (χ3v) is 4.18. The van der Waals surface area contributed by atoms with Crippen LogP contribution in [0.15, 0.2) is 12.3 Å². The maximum atomic E-state index is 6.21. The first-order valence-corrected chi connectivity index (χ1v) is 7.04. The Hall–Kier alpha value is -0.830. The molecule has 96 valence electrons. The Labute approximate surface area is 104 Å². The molecule has 1 aliphatic rings. The van der Waals surface area contributed by atoms with Crippen LogP contribution in [-0.2, 0) is 6.42 Å². The largest absolute Gasteiger partial charge is 0.327 e. The van der Waals surface area contributed by atoms with E-state index in [2.05, 4.69) is 35.9 Å². The molecule has 0 spiro atoms. The first kappa shape index (κ1) is 12.6. The minimum absolute atomic E-state index is 0.314. The van der Waals surface area contributed by atoms with Gasteiger partial charge in [0.2, 0.25) is 0 Å². The highest BCUT2D eigenvalue weighted by molar-refractivity contribution is 5.03. The van der Waals surface area contributed by atoms with Crippen molar-refractivity contribution in [2.45, 2.75) is 64.5 Å². The lowest BCUT2D eigenvalue weighted by Crippen LogP contribution is -2.36. The van der Waals surface area contributed by atoms with Gasteiger partial charge >= 0.3 is 0 Å². The molecule has 1 saturated carbocycles. The van der Waals surface area contributed by atoms with Gasteiger partial charge in [-0.2, -0.15) is 5.10 Å². The van der Waals surface area contributed by atoms with Gasteiger partial charge in [-0.1, -0.05) is 20.3 Å². The minimum Gasteiger partial charge on any atom is -0.327 e. The molecular weight excluding hydrogens is 210 g/mol. The van der Waals surface area contributed by atoms with Crippen molar-refractivity contribution in [3.8, 4) is 0 Å². The first-order valence-electron chi connectivity index (χ1n) is 7.04. The van der Waals surface area contributed by atoms with Gasteiger partial charge in [-0.25, -0.2) is 0 Å². The fourth-order valence-corrected chi connectivity index (χ4v) is 2.63. The molecule has 0 saturated heterocycles. The molecule has 1 aromatic heterocycles. The summed E-state index contributed by atoms with van der Waals surface area (Å²) in [6.07, 6.45) is 9.33. The van der Waals surface area contributed by atoms with Crippen molar-refractivity contribution in [1.82, 2.24) is 9.78 Å². The number of aromatic nitrogens is 2. The molecule has 1 fully saturated rings. The second kappa shape index (κ2) is 5.67. The van der Waals surface area contributed by atoms with E-state index in [1.807, 2.05) is 0 Å². The number of nitrogens with zero attached hydrogens (tertiary/aromatic N) is 2. The Morgan fingerprint density at radius 3 is 2.65 bits per heavy atom. The summed E-state index contributed by atoms with van der Waals surface area (Å²) in [5, 5.41) is 4.67. The standard InChI is InChI=1S/C14H25N3/c1-3-13(4-2)17-9-8-12(16-17)10-14(15)11-6-5-7-11/h8-9,11,13-14H,3-7,10,15H2,1-2H3. The van der Waals surface area contributed by atoms with Crippen molar-refractivity contribution in [2.24, 2.45) is 11.7 Å². The molecule has 1 aromatic rings. The van der Waals surface area contributed by atoms with Crippen LogP contribution in [0.25, 0.3) is 0 Å². The Morgan fingerprint density at radius 2 is 2.12 bits per heavy atom. The summed E-state index contributed by atoms with van der Waals surface area (Å²) in [5.74, 6) is 0.744. The monoisotopic (exact) mass is 235 g/mol. The van der Waals surface area contributed by atoms with E-state index in [9.17, 15) is 0 Å². The Balaban J connectivity index is 1.92. The van der Waals surface area contributed by atoms with Gasteiger partial charge < -0.3 is 5.73 Å². The van der Waals surface area contributed by atoms with E-state index in [1.165, 1.54) is 19.3 Å². The van der Waals surface area contributed by atoms with E-state index < -0.39 is 0 Å². The van der Waals surface area contributed by atoms with Crippen LogP contribution in [-0.4, -0.2) is 15.8 Å². The summed E-state index contributed by atoms with van der Waals surface area (Å²) in [6, 6.07) is 2.99. The molecule has 1 heterocycles. The van der Waals surface area contributed by atoms with Crippen LogP contribution < -0.4 is 5.73 Å². The zero-order chi connectivity index (χ0) is 12.3. The highest BCUT2D eigenvalue weighted by atomic mass is 15.3. The summed E-state index contributed by atoms with van der Waals surface area (Å²) in [7, 11) is 0. The van der Waals surface area contributed by atoms with E-state index in [1.54, 1.807) is 0 Å². The zero-order valence-corrected chi connectivity index (χ0v) is 11.1. The van der Waals surface area contributed by atoms with Gasteiger partial charge in [-0.15, -0.1) is 0 Å². The first-order chi connectivity index (χ1) is 8.24. The van der Waals surface area contributed by atoms with Gasteiger partial charge in [0.1, 0.15) is 0 Å². The highest BCUT2D eigenvalue weighted by Gasteiger charge is 2.25. The molecular formula is C14H25N3. The third kappa shape index (κ3) is 2.89. The predicted octanol–water partition coefficient (Wildman–Crippen LogP) is 2.91. The molecule has 1 aliphatic carbocycles. The van der Waals surface area contributed by atoms with Crippen LogP contribution in [0.3, 0.4) is 0 Å². The van der Waals surface area contributed by atoms with Crippen molar-refractivity contribution in [1.29, 1.82) is 0 Å². The van der Waals surface area contributed by atoms with Gasteiger partial charge in [-0.05, 0) is 37.7 Å². The van der Waals surface area contributed by atoms with Gasteiger partial charge in [-0.3, -0.25) is 4.68 Å². The van der Waals surface area contributed by atoms with Crippen LogP contribution in [0, 0.1) is 5.92 Å². The Bertz CT molecular complexity index is 337. The Kier molecular flexibility index (Phi) is 4.21. The third-order valence-electron chi connectivity index (χ3n) is 4.18. The van der Waals surface area contributed by atoms with E-state index >= 15 is 0 Å². The van der Waals surface area contributed by atoms with E-state index in [0.717, 1.165) is 30.9 Å². The quantitative estimate of drug-likeness (QED) is 0.824. The van der Waals surface area contributed by atoms with Gasteiger partial charge in [0.15, 0.2) is 0 Å². The van der Waals surface area contributed by atoms with E-state index in [4.69, 9.17) is 5.73 Å². The topological polar surface area (TPSA) is 43.8 Å². The van der Waals surface area contributed by atoms with Crippen LogP contribution in [0.2, 0.25) is 0 Å². The molecule has 0 bridgehead atoms. The molecule has 1 unspecified atom stereocenters. The number of hydrogen-bond acceptors (Lipinski definition) is 2. The molecule has 0 aromatic carbocycles. The van der Waals surface area contributed by atoms with Crippen molar-refractivity contribution in [2.75, 3.05) is 0 Å². The highest BCUT2D eigenvalue weighted by Crippen LogP contribution is 2.29. The van der Waals surface area contributed by atoms with E-state index in [-0.39, 0.29) is 0 Å². The molecule has 17 heavy (non-hydrogen) atoms. The smallest absolute Gasteiger partial charge is 0.0640 e. The average molecular weight is 235 g/mol. The molecule has 0 amide bonds. The number of rotatable bonds is 6. The summed E-state index contributed by atoms with van der Waals surface area (Å²) in [5.41, 5.74) is 7.38. The molecule has 3 heteroatoms. The van der Waals surface area contributed by atoms with Crippen LogP contribution in [0.4, 0.5) is 0 Å². The molecule has 1 atom stereocenters. The van der Waals surface area contributed by atoms with Gasteiger partial charge in [0.05, 0.1) is 11.7 Å². The van der Waals surface area contributed by atoms with Gasteiger partial charge in [0, 0.05) is 18.7 Å². The minimum atomic E-state index is 0.314. The molecule has 2 N–H and O–H groups in total. The fraction of sp³-hybridized carbons (Fsp3) is 0.786. The predicted molar refractivity (Wildman–Crippen MR) is 70.9 cm³/mol. The van der Waals surface area contributed by atoms with Crippen molar-refractivity contribution in [3.05, 3.63) is 18.0 Å². The lowest BCUT2D eigenvalue weighted by molar-refractivity contribution is 0.259. The average Bonchev–Trinajstić information content (AvgIpc) is 2.65. The summed E-state index contributed by atoms with van der Waals surface area (Å²) >= 11 is 0.